The molecule has 0 atom stereocenters. The number of hydrogen-bond donors (Lipinski definition) is 3. The summed E-state index contributed by atoms with van der Waals surface area (Å²) in [6.07, 6.45) is 0. The molecule has 0 aliphatic carbocycles. The van der Waals surface area contributed by atoms with Gasteiger partial charge in [0.25, 0.3) is 0 Å². The maximum atomic E-state index is 9.45. The van der Waals surface area contributed by atoms with Gasteiger partial charge >= 0.3 is 0 Å². The molecule has 0 bridgehead atoms. The predicted molar refractivity (Wildman–Crippen MR) is 52.4 cm³/mol. The zero-order chi connectivity index (χ0) is 8.72. The first-order valence-electron chi connectivity index (χ1n) is 3.32. The third kappa shape index (κ3) is 0.956. The Balaban J connectivity index is 2.97. The van der Waals surface area contributed by atoms with Crippen LogP contribution in [0.3, 0.4) is 0 Å². The highest BCUT2D eigenvalue weighted by Crippen LogP contribution is 2.43. The minimum Gasteiger partial charge on any atom is -0.507 e. The van der Waals surface area contributed by atoms with Gasteiger partial charge in [0.1, 0.15) is 9.96 Å². The number of thiophene rings is 1. The van der Waals surface area contributed by atoms with Gasteiger partial charge in [-0.3, -0.25) is 0 Å². The summed E-state index contributed by atoms with van der Waals surface area (Å²) in [5.41, 5.74) is 0. The fraction of sp³-hybridized carbons (Fsp3) is 0. The van der Waals surface area contributed by atoms with E-state index >= 15 is 0 Å². The highest BCUT2D eigenvalue weighted by atomic mass is 32.2. The predicted octanol–water partition coefficient (Wildman–Crippen LogP) is 2.60. The van der Waals surface area contributed by atoms with Crippen molar-refractivity contribution in [1.82, 2.24) is 0 Å². The monoisotopic (exact) mass is 198 g/mol. The highest BCUT2D eigenvalue weighted by molar-refractivity contribution is 7.83. The summed E-state index contributed by atoms with van der Waals surface area (Å²) in [7, 11) is 0. The first-order valence-corrected chi connectivity index (χ1v) is 4.59. The fourth-order valence-electron chi connectivity index (χ4n) is 1.10. The minimum atomic E-state index is 0.0661. The summed E-state index contributed by atoms with van der Waals surface area (Å²) in [5.74, 6) is 0.165. The van der Waals surface area contributed by atoms with Crippen LogP contribution in [-0.2, 0) is 0 Å². The van der Waals surface area contributed by atoms with E-state index in [2.05, 4.69) is 12.6 Å². The van der Waals surface area contributed by atoms with E-state index in [0.29, 0.717) is 9.60 Å². The number of benzene rings is 1. The van der Waals surface area contributed by atoms with Crippen LogP contribution in [0.15, 0.2) is 22.4 Å². The lowest BCUT2D eigenvalue weighted by Crippen LogP contribution is -1.66. The maximum absolute atomic E-state index is 9.45. The Morgan fingerprint density at radius 3 is 2.67 bits per heavy atom. The summed E-state index contributed by atoms with van der Waals surface area (Å²) < 4.78 is 1.38. The van der Waals surface area contributed by atoms with Gasteiger partial charge in [0.05, 0.1) is 5.39 Å². The molecular formula is C8H6O2S2. The molecule has 0 fully saturated rings. The van der Waals surface area contributed by atoms with E-state index in [0.717, 1.165) is 4.70 Å². The van der Waals surface area contributed by atoms with Crippen molar-refractivity contribution in [3.05, 3.63) is 18.2 Å². The molecule has 2 aromatic rings. The lowest BCUT2D eigenvalue weighted by Gasteiger charge is -1.93. The summed E-state index contributed by atoms with van der Waals surface area (Å²) >= 11 is 5.41. The van der Waals surface area contributed by atoms with Crippen LogP contribution in [-0.4, -0.2) is 10.2 Å². The van der Waals surface area contributed by atoms with Crippen molar-refractivity contribution in [2.45, 2.75) is 4.21 Å². The van der Waals surface area contributed by atoms with Crippen molar-refractivity contribution < 1.29 is 10.2 Å². The number of phenolic OH excluding ortho intramolecular Hbond substituents is 1. The molecule has 2 nitrogen and oxygen atoms in total. The summed E-state index contributed by atoms with van der Waals surface area (Å²) in [5, 5.41) is 19.3. The highest BCUT2D eigenvalue weighted by Gasteiger charge is 2.10. The standard InChI is InChI=1S/C8H6O2S2/c9-4-2-1-3-5-6(4)7(10)8(11)12-5/h1-3,9-11H. The van der Waals surface area contributed by atoms with E-state index in [1.54, 1.807) is 12.1 Å². The van der Waals surface area contributed by atoms with Crippen LogP contribution in [0.1, 0.15) is 0 Å². The van der Waals surface area contributed by atoms with Gasteiger partial charge in [0.15, 0.2) is 5.75 Å². The van der Waals surface area contributed by atoms with Gasteiger partial charge in [-0.2, -0.15) is 0 Å². The third-order valence-corrected chi connectivity index (χ3v) is 3.08. The van der Waals surface area contributed by atoms with Crippen LogP contribution in [0.4, 0.5) is 0 Å². The number of rotatable bonds is 0. The zero-order valence-corrected chi connectivity index (χ0v) is 7.69. The lowest BCUT2D eigenvalue weighted by molar-refractivity contribution is 0.459. The fourth-order valence-corrected chi connectivity index (χ4v) is 2.37. The molecule has 2 rings (SSSR count). The van der Waals surface area contributed by atoms with Crippen molar-refractivity contribution in [3.8, 4) is 11.5 Å². The quantitative estimate of drug-likeness (QED) is 0.569. The Labute approximate surface area is 78.5 Å². The Hall–Kier alpha value is -0.870. The lowest BCUT2D eigenvalue weighted by atomic mass is 10.2. The SMILES string of the molecule is Oc1cccc2sc(S)c(O)c12. The molecule has 0 radical (unpaired) electrons. The average Bonchev–Trinajstić information content (AvgIpc) is 2.29. The van der Waals surface area contributed by atoms with Crippen LogP contribution >= 0.6 is 24.0 Å². The Morgan fingerprint density at radius 2 is 2.00 bits per heavy atom. The van der Waals surface area contributed by atoms with E-state index in [9.17, 15) is 10.2 Å². The molecule has 1 heterocycles. The number of fused-ring (bicyclic) bond motifs is 1. The third-order valence-electron chi connectivity index (χ3n) is 1.65. The number of hydrogen-bond acceptors (Lipinski definition) is 4. The second-order valence-corrected chi connectivity index (χ2v) is 4.21. The molecule has 4 heteroatoms. The summed E-state index contributed by atoms with van der Waals surface area (Å²) in [4.78, 5) is 0. The van der Waals surface area contributed by atoms with Crippen LogP contribution < -0.4 is 0 Å². The van der Waals surface area contributed by atoms with Crippen LogP contribution in [0, 0.1) is 0 Å². The minimum absolute atomic E-state index is 0.0661. The molecular weight excluding hydrogens is 192 g/mol. The van der Waals surface area contributed by atoms with Crippen molar-refractivity contribution in [2.24, 2.45) is 0 Å². The Kier molecular flexibility index (Phi) is 1.66. The number of aromatic hydroxyl groups is 2. The molecule has 12 heavy (non-hydrogen) atoms. The first kappa shape index (κ1) is 7.76. The normalized spacial score (nSPS) is 10.8. The maximum Gasteiger partial charge on any atom is 0.151 e. The molecule has 1 aromatic heterocycles. The van der Waals surface area contributed by atoms with Crippen molar-refractivity contribution in [1.29, 1.82) is 0 Å². The number of thiol groups is 1. The van der Waals surface area contributed by atoms with Crippen LogP contribution in [0.5, 0.6) is 11.5 Å². The molecule has 0 saturated heterocycles. The van der Waals surface area contributed by atoms with Crippen LogP contribution in [0.2, 0.25) is 0 Å². The summed E-state index contributed by atoms with van der Waals surface area (Å²) in [6, 6.07) is 5.11. The van der Waals surface area contributed by atoms with Gasteiger partial charge in [-0.1, -0.05) is 6.07 Å². The average molecular weight is 198 g/mol. The smallest absolute Gasteiger partial charge is 0.151 e. The van der Waals surface area contributed by atoms with E-state index in [1.165, 1.54) is 11.3 Å². The van der Waals surface area contributed by atoms with Gasteiger partial charge in [0, 0.05) is 4.70 Å². The van der Waals surface area contributed by atoms with Gasteiger partial charge in [0.2, 0.25) is 0 Å². The molecule has 0 spiro atoms. The largest absolute Gasteiger partial charge is 0.507 e. The van der Waals surface area contributed by atoms with Gasteiger partial charge < -0.3 is 10.2 Å². The van der Waals surface area contributed by atoms with Crippen molar-refractivity contribution in [2.75, 3.05) is 0 Å². The van der Waals surface area contributed by atoms with Crippen LogP contribution in [0.25, 0.3) is 10.1 Å². The molecule has 2 N–H and O–H groups in total. The molecule has 0 aliphatic heterocycles. The first-order chi connectivity index (χ1) is 5.70. The number of phenols is 1. The molecule has 1 aromatic carbocycles. The van der Waals surface area contributed by atoms with Crippen molar-refractivity contribution in [3.63, 3.8) is 0 Å². The summed E-state index contributed by atoms with van der Waals surface area (Å²) in [6.45, 7) is 0. The molecule has 62 valence electrons. The second-order valence-electron chi connectivity index (χ2n) is 2.41. The molecule has 0 saturated carbocycles. The van der Waals surface area contributed by atoms with E-state index < -0.39 is 0 Å². The Morgan fingerprint density at radius 1 is 1.25 bits per heavy atom. The van der Waals surface area contributed by atoms with Gasteiger partial charge in [-0.25, -0.2) is 0 Å². The topological polar surface area (TPSA) is 40.5 Å². The second kappa shape index (κ2) is 2.57. The Bertz CT molecular complexity index is 434. The molecule has 0 aliphatic rings. The van der Waals surface area contributed by atoms with Crippen molar-refractivity contribution >= 4 is 34.1 Å². The molecule has 0 unspecified atom stereocenters. The molecule has 0 amide bonds. The van der Waals surface area contributed by atoms with Gasteiger partial charge in [-0.15, -0.1) is 24.0 Å². The van der Waals surface area contributed by atoms with E-state index in [-0.39, 0.29) is 11.5 Å². The van der Waals surface area contributed by atoms with E-state index in [4.69, 9.17) is 0 Å². The zero-order valence-electron chi connectivity index (χ0n) is 5.98. The van der Waals surface area contributed by atoms with E-state index in [1.807, 2.05) is 6.07 Å². The van der Waals surface area contributed by atoms with Gasteiger partial charge in [-0.05, 0) is 12.1 Å².